The van der Waals surface area contributed by atoms with Gasteiger partial charge in [0.15, 0.2) is 0 Å². The zero-order valence-corrected chi connectivity index (χ0v) is 7.13. The summed E-state index contributed by atoms with van der Waals surface area (Å²) in [5, 5.41) is 3.43. The van der Waals surface area contributed by atoms with Gasteiger partial charge in [0.25, 0.3) is 0 Å². The number of oxime groups is 1. The number of hydrogen-bond acceptors (Lipinski definition) is 2. The van der Waals surface area contributed by atoms with Gasteiger partial charge in [-0.2, -0.15) is 0 Å². The first-order valence-corrected chi connectivity index (χ1v) is 3.84. The molecular formula is C9H9F2NO. The molecule has 0 aromatic heterocycles. The SMILES string of the molecule is CCO/N=C/c1cc(F)ccc1F. The van der Waals surface area contributed by atoms with Gasteiger partial charge in [-0.25, -0.2) is 8.78 Å². The molecule has 0 spiro atoms. The quantitative estimate of drug-likeness (QED) is 0.523. The van der Waals surface area contributed by atoms with Crippen molar-refractivity contribution in [2.45, 2.75) is 6.92 Å². The van der Waals surface area contributed by atoms with Crippen LogP contribution in [-0.4, -0.2) is 12.8 Å². The Labute approximate surface area is 74.8 Å². The molecule has 0 atom stereocenters. The summed E-state index contributed by atoms with van der Waals surface area (Å²) in [7, 11) is 0. The zero-order chi connectivity index (χ0) is 9.68. The zero-order valence-electron chi connectivity index (χ0n) is 7.13. The molecule has 4 heteroatoms. The molecule has 13 heavy (non-hydrogen) atoms. The van der Waals surface area contributed by atoms with Crippen LogP contribution in [0, 0.1) is 11.6 Å². The molecule has 0 unspecified atom stereocenters. The third-order valence-corrected chi connectivity index (χ3v) is 1.35. The maximum absolute atomic E-state index is 12.9. The number of hydrogen-bond donors (Lipinski definition) is 0. The van der Waals surface area contributed by atoms with E-state index in [-0.39, 0.29) is 5.56 Å². The molecule has 0 bridgehead atoms. The summed E-state index contributed by atoms with van der Waals surface area (Å²) < 4.78 is 25.5. The van der Waals surface area contributed by atoms with Crippen LogP contribution < -0.4 is 0 Å². The predicted octanol–water partition coefficient (Wildman–Crippen LogP) is 2.34. The standard InChI is InChI=1S/C9H9F2NO/c1-2-13-12-6-7-5-8(10)3-4-9(7)11/h3-6H,2H2,1H3/b12-6+. The Balaban J connectivity index is 2.81. The summed E-state index contributed by atoms with van der Waals surface area (Å²) in [4.78, 5) is 4.61. The second-order valence-corrected chi connectivity index (χ2v) is 2.32. The number of halogens is 2. The summed E-state index contributed by atoms with van der Waals surface area (Å²) in [6.07, 6.45) is 1.14. The van der Waals surface area contributed by atoms with Crippen LogP contribution in [0.1, 0.15) is 12.5 Å². The van der Waals surface area contributed by atoms with E-state index in [9.17, 15) is 8.78 Å². The first-order valence-electron chi connectivity index (χ1n) is 3.84. The summed E-state index contributed by atoms with van der Waals surface area (Å²) in [5.41, 5.74) is 0.0773. The van der Waals surface area contributed by atoms with E-state index in [1.807, 2.05) is 0 Å². The lowest BCUT2D eigenvalue weighted by Gasteiger charge is -1.95. The Hall–Kier alpha value is -1.45. The molecule has 2 nitrogen and oxygen atoms in total. The highest BCUT2D eigenvalue weighted by Crippen LogP contribution is 2.06. The molecule has 0 amide bonds. The summed E-state index contributed by atoms with van der Waals surface area (Å²) in [6.45, 7) is 2.15. The van der Waals surface area contributed by atoms with E-state index >= 15 is 0 Å². The van der Waals surface area contributed by atoms with Gasteiger partial charge in [-0.15, -0.1) is 0 Å². The minimum absolute atomic E-state index is 0.0773. The summed E-state index contributed by atoms with van der Waals surface area (Å²) in [5.74, 6) is -1.02. The molecule has 0 aliphatic rings. The smallest absolute Gasteiger partial charge is 0.132 e. The van der Waals surface area contributed by atoms with Crippen molar-refractivity contribution in [3.63, 3.8) is 0 Å². The van der Waals surface area contributed by atoms with Crippen LogP contribution in [0.5, 0.6) is 0 Å². The Morgan fingerprint density at radius 3 is 2.92 bits per heavy atom. The molecule has 0 saturated heterocycles. The van der Waals surface area contributed by atoms with Crippen molar-refractivity contribution in [2.75, 3.05) is 6.61 Å². The maximum atomic E-state index is 12.9. The Morgan fingerprint density at radius 1 is 1.46 bits per heavy atom. The molecule has 1 aromatic carbocycles. The Kier molecular flexibility index (Phi) is 3.37. The largest absolute Gasteiger partial charge is 0.396 e. The molecule has 0 N–H and O–H groups in total. The Morgan fingerprint density at radius 2 is 2.23 bits per heavy atom. The molecule has 1 aromatic rings. The van der Waals surface area contributed by atoms with Crippen LogP contribution in [0.25, 0.3) is 0 Å². The normalized spacial score (nSPS) is 10.7. The van der Waals surface area contributed by atoms with Gasteiger partial charge in [0.05, 0.1) is 6.21 Å². The lowest BCUT2D eigenvalue weighted by Crippen LogP contribution is -1.90. The van der Waals surface area contributed by atoms with Gasteiger partial charge >= 0.3 is 0 Å². The predicted molar refractivity (Wildman–Crippen MR) is 45.6 cm³/mol. The average Bonchev–Trinajstić information content (AvgIpc) is 2.11. The van der Waals surface area contributed by atoms with E-state index < -0.39 is 11.6 Å². The van der Waals surface area contributed by atoms with E-state index in [4.69, 9.17) is 0 Å². The van der Waals surface area contributed by atoms with Crippen molar-refractivity contribution >= 4 is 6.21 Å². The molecule has 70 valence electrons. The van der Waals surface area contributed by atoms with Gasteiger partial charge in [-0.3, -0.25) is 0 Å². The molecule has 0 aliphatic carbocycles. The first kappa shape index (κ1) is 9.64. The summed E-state index contributed by atoms with van der Waals surface area (Å²) >= 11 is 0. The van der Waals surface area contributed by atoms with Crippen molar-refractivity contribution in [3.8, 4) is 0 Å². The molecule has 1 rings (SSSR count). The lowest BCUT2D eigenvalue weighted by molar-refractivity contribution is 0.160. The molecular weight excluding hydrogens is 176 g/mol. The number of benzene rings is 1. The maximum Gasteiger partial charge on any atom is 0.132 e. The van der Waals surface area contributed by atoms with Crippen molar-refractivity contribution in [2.24, 2.45) is 5.16 Å². The molecule has 0 radical (unpaired) electrons. The monoisotopic (exact) mass is 185 g/mol. The molecule has 0 saturated carbocycles. The van der Waals surface area contributed by atoms with Crippen molar-refractivity contribution in [3.05, 3.63) is 35.4 Å². The topological polar surface area (TPSA) is 21.6 Å². The van der Waals surface area contributed by atoms with E-state index in [0.717, 1.165) is 24.4 Å². The highest BCUT2D eigenvalue weighted by atomic mass is 19.1. The van der Waals surface area contributed by atoms with Crippen LogP contribution in [0.3, 0.4) is 0 Å². The van der Waals surface area contributed by atoms with E-state index in [0.29, 0.717) is 6.61 Å². The third-order valence-electron chi connectivity index (χ3n) is 1.35. The average molecular weight is 185 g/mol. The number of rotatable bonds is 3. The van der Waals surface area contributed by atoms with Crippen molar-refractivity contribution in [1.82, 2.24) is 0 Å². The first-order chi connectivity index (χ1) is 6.24. The fraction of sp³-hybridized carbons (Fsp3) is 0.222. The van der Waals surface area contributed by atoms with Gasteiger partial charge in [0, 0.05) is 5.56 Å². The second-order valence-electron chi connectivity index (χ2n) is 2.32. The van der Waals surface area contributed by atoms with Crippen LogP contribution in [-0.2, 0) is 4.84 Å². The fourth-order valence-electron chi connectivity index (χ4n) is 0.782. The van der Waals surface area contributed by atoms with Gasteiger partial charge in [-0.05, 0) is 25.1 Å². The van der Waals surface area contributed by atoms with Crippen LogP contribution >= 0.6 is 0 Å². The van der Waals surface area contributed by atoms with Crippen LogP contribution in [0.2, 0.25) is 0 Å². The van der Waals surface area contributed by atoms with E-state index in [2.05, 4.69) is 9.99 Å². The Bertz CT molecular complexity index is 312. The molecule has 0 fully saturated rings. The minimum atomic E-state index is -0.523. The molecule has 0 aliphatic heterocycles. The highest BCUT2D eigenvalue weighted by molar-refractivity contribution is 5.79. The van der Waals surface area contributed by atoms with Gasteiger partial charge < -0.3 is 4.84 Å². The van der Waals surface area contributed by atoms with Gasteiger partial charge in [-0.1, -0.05) is 5.16 Å². The highest BCUT2D eigenvalue weighted by Gasteiger charge is 2.00. The molecule has 0 heterocycles. The van der Waals surface area contributed by atoms with Crippen molar-refractivity contribution in [1.29, 1.82) is 0 Å². The minimum Gasteiger partial charge on any atom is -0.396 e. The fourth-order valence-corrected chi connectivity index (χ4v) is 0.782. The van der Waals surface area contributed by atoms with E-state index in [1.165, 1.54) is 0 Å². The van der Waals surface area contributed by atoms with Crippen LogP contribution in [0.4, 0.5) is 8.78 Å². The van der Waals surface area contributed by atoms with Gasteiger partial charge in [0.1, 0.15) is 18.2 Å². The van der Waals surface area contributed by atoms with Gasteiger partial charge in [0.2, 0.25) is 0 Å². The second kappa shape index (κ2) is 4.54. The summed E-state index contributed by atoms with van der Waals surface area (Å²) in [6, 6.07) is 3.15. The van der Waals surface area contributed by atoms with E-state index in [1.54, 1.807) is 6.92 Å². The number of nitrogens with zero attached hydrogens (tertiary/aromatic N) is 1. The van der Waals surface area contributed by atoms with Crippen LogP contribution in [0.15, 0.2) is 23.4 Å². The third kappa shape index (κ3) is 2.82. The van der Waals surface area contributed by atoms with Crippen molar-refractivity contribution < 1.29 is 13.6 Å². The lowest BCUT2D eigenvalue weighted by atomic mass is 10.2.